The van der Waals surface area contributed by atoms with E-state index in [0.29, 0.717) is 17.2 Å². The predicted octanol–water partition coefficient (Wildman–Crippen LogP) is 2.23. The minimum atomic E-state index is -0.529. The first kappa shape index (κ1) is 14.7. The van der Waals surface area contributed by atoms with Crippen molar-refractivity contribution >= 4 is 39.3 Å². The van der Waals surface area contributed by atoms with Crippen molar-refractivity contribution in [3.63, 3.8) is 0 Å². The summed E-state index contributed by atoms with van der Waals surface area (Å²) in [4.78, 5) is 26.6. The number of rotatable bonds is 2. The van der Waals surface area contributed by atoms with Crippen LogP contribution in [0.15, 0.2) is 28.9 Å². The van der Waals surface area contributed by atoms with Crippen molar-refractivity contribution in [3.05, 3.63) is 45.1 Å². The first-order chi connectivity index (χ1) is 10.5. The Morgan fingerprint density at radius 1 is 1.18 bits per heavy atom. The molecular weight excluding hydrogens is 378 g/mol. The lowest BCUT2D eigenvalue weighted by atomic mass is 10.2. The van der Waals surface area contributed by atoms with E-state index >= 15 is 0 Å². The zero-order valence-electron chi connectivity index (χ0n) is 10.9. The molecule has 1 aliphatic rings. The molecule has 3 N–H and O–H groups in total. The fraction of sp³-hybridized carbons (Fsp3) is 0.0769. The van der Waals surface area contributed by atoms with Crippen LogP contribution in [-0.2, 0) is 0 Å². The molecule has 1 aliphatic heterocycles. The monoisotopic (exact) mass is 385 g/mol. The van der Waals surface area contributed by atoms with E-state index in [-0.39, 0.29) is 17.4 Å². The van der Waals surface area contributed by atoms with E-state index in [9.17, 15) is 9.59 Å². The molecule has 2 heterocycles. The second kappa shape index (κ2) is 5.90. The lowest BCUT2D eigenvalue weighted by molar-refractivity contribution is 0.0844. The minimum Gasteiger partial charge on any atom is -0.454 e. The van der Waals surface area contributed by atoms with Crippen LogP contribution in [-0.4, -0.2) is 23.6 Å². The second-order valence-corrected chi connectivity index (χ2v) is 5.65. The maximum absolute atomic E-state index is 12.0. The molecule has 9 heteroatoms. The molecule has 1 aromatic carbocycles. The fourth-order valence-electron chi connectivity index (χ4n) is 1.85. The van der Waals surface area contributed by atoms with E-state index < -0.39 is 11.8 Å². The van der Waals surface area contributed by atoms with Gasteiger partial charge in [0.15, 0.2) is 11.5 Å². The fourth-order valence-corrected chi connectivity index (χ4v) is 2.46. The van der Waals surface area contributed by atoms with Crippen molar-refractivity contribution in [3.8, 4) is 11.5 Å². The van der Waals surface area contributed by atoms with Gasteiger partial charge in [0.25, 0.3) is 11.8 Å². The van der Waals surface area contributed by atoms with E-state index in [2.05, 4.69) is 31.8 Å². The van der Waals surface area contributed by atoms with Crippen LogP contribution >= 0.6 is 27.5 Å². The number of aromatic nitrogens is 1. The number of hydrazine groups is 1. The van der Waals surface area contributed by atoms with Crippen LogP contribution in [0, 0.1) is 0 Å². The van der Waals surface area contributed by atoms with Gasteiger partial charge in [-0.15, -0.1) is 0 Å². The number of carbonyl (C=O) groups excluding carboxylic acids is 2. The number of ether oxygens (including phenoxy) is 2. The van der Waals surface area contributed by atoms with E-state index in [4.69, 9.17) is 21.1 Å². The van der Waals surface area contributed by atoms with Gasteiger partial charge in [0, 0.05) is 16.2 Å². The number of aromatic amines is 1. The number of H-pyrrole nitrogens is 1. The Balaban J connectivity index is 1.67. The average Bonchev–Trinajstić information content (AvgIpc) is 3.13. The summed E-state index contributed by atoms with van der Waals surface area (Å²) in [5.74, 6) is -0.221. The molecule has 2 aromatic rings. The van der Waals surface area contributed by atoms with Crippen LogP contribution in [0.25, 0.3) is 0 Å². The molecule has 0 unspecified atom stereocenters. The van der Waals surface area contributed by atoms with Gasteiger partial charge in [-0.3, -0.25) is 20.4 Å². The van der Waals surface area contributed by atoms with Crippen molar-refractivity contribution in [1.29, 1.82) is 0 Å². The van der Waals surface area contributed by atoms with Gasteiger partial charge in [0.05, 0.1) is 5.02 Å². The van der Waals surface area contributed by atoms with E-state index in [1.807, 2.05) is 0 Å². The molecule has 2 amide bonds. The molecule has 0 fully saturated rings. The summed E-state index contributed by atoms with van der Waals surface area (Å²) < 4.78 is 11.1. The number of nitrogens with one attached hydrogen (secondary N) is 3. The maximum atomic E-state index is 12.0. The number of benzene rings is 1. The average molecular weight is 387 g/mol. The largest absolute Gasteiger partial charge is 0.454 e. The van der Waals surface area contributed by atoms with Crippen molar-refractivity contribution in [1.82, 2.24) is 15.8 Å². The molecule has 1 aromatic heterocycles. The highest BCUT2D eigenvalue weighted by atomic mass is 79.9. The molecular formula is C13H9BrClN3O4. The van der Waals surface area contributed by atoms with Crippen LogP contribution < -0.4 is 20.3 Å². The summed E-state index contributed by atoms with van der Waals surface area (Å²) in [5.41, 5.74) is 5.13. The molecule has 7 nitrogen and oxygen atoms in total. The summed E-state index contributed by atoms with van der Waals surface area (Å²) in [6, 6.07) is 4.50. The molecule has 0 saturated heterocycles. The van der Waals surface area contributed by atoms with Gasteiger partial charge in [-0.1, -0.05) is 11.6 Å². The topological polar surface area (TPSA) is 92.5 Å². The highest BCUT2D eigenvalue weighted by molar-refractivity contribution is 9.10. The van der Waals surface area contributed by atoms with Crippen LogP contribution in [0.4, 0.5) is 0 Å². The molecule has 0 aliphatic carbocycles. The van der Waals surface area contributed by atoms with Crippen LogP contribution in [0.2, 0.25) is 5.02 Å². The van der Waals surface area contributed by atoms with Gasteiger partial charge in [0.1, 0.15) is 5.69 Å². The van der Waals surface area contributed by atoms with Gasteiger partial charge in [0.2, 0.25) is 6.79 Å². The van der Waals surface area contributed by atoms with Crippen molar-refractivity contribution in [2.24, 2.45) is 0 Å². The van der Waals surface area contributed by atoms with Crippen LogP contribution in [0.3, 0.4) is 0 Å². The Bertz CT molecular complexity index is 762. The summed E-state index contributed by atoms with van der Waals surface area (Å²) in [7, 11) is 0. The maximum Gasteiger partial charge on any atom is 0.286 e. The zero-order chi connectivity index (χ0) is 15.7. The van der Waals surface area contributed by atoms with Gasteiger partial charge < -0.3 is 14.5 Å². The molecule has 0 saturated carbocycles. The second-order valence-electron chi connectivity index (χ2n) is 4.33. The minimum absolute atomic E-state index is 0.0541. The number of fused-ring (bicyclic) bond motifs is 1. The molecule has 0 spiro atoms. The summed E-state index contributed by atoms with van der Waals surface area (Å²) in [5, 5.41) is 0.264. The standard InChI is InChI=1S/C13H9BrClN3O4/c14-7-3-9(16-4-7)13(20)18-17-12(19)6-1-8(15)11-10(2-6)21-5-22-11/h1-4,16H,5H2,(H,17,19)(H,18,20). The van der Waals surface area contributed by atoms with E-state index in [1.54, 1.807) is 12.3 Å². The van der Waals surface area contributed by atoms with Crippen molar-refractivity contribution < 1.29 is 19.1 Å². The Hall–Kier alpha value is -2.19. The summed E-state index contributed by atoms with van der Waals surface area (Å²) >= 11 is 9.21. The first-order valence-corrected chi connectivity index (χ1v) is 7.25. The summed E-state index contributed by atoms with van der Waals surface area (Å²) in [6.45, 7) is 0.0541. The van der Waals surface area contributed by atoms with Crippen molar-refractivity contribution in [2.45, 2.75) is 0 Å². The quantitative estimate of drug-likeness (QED) is 0.690. The number of hydrogen-bond acceptors (Lipinski definition) is 4. The van der Waals surface area contributed by atoms with E-state index in [0.717, 1.165) is 4.47 Å². The van der Waals surface area contributed by atoms with Gasteiger partial charge in [-0.2, -0.15) is 0 Å². The smallest absolute Gasteiger partial charge is 0.286 e. The van der Waals surface area contributed by atoms with Crippen LogP contribution in [0.1, 0.15) is 20.8 Å². The highest BCUT2D eigenvalue weighted by Gasteiger charge is 2.21. The zero-order valence-corrected chi connectivity index (χ0v) is 13.2. The SMILES string of the molecule is O=C(NNC(=O)c1cc(Br)c[nH]1)c1cc(Cl)c2c(c1)OCO2. The Labute approximate surface area is 138 Å². The molecule has 3 rings (SSSR count). The van der Waals surface area contributed by atoms with Crippen LogP contribution in [0.5, 0.6) is 11.5 Å². The van der Waals surface area contributed by atoms with Crippen molar-refractivity contribution in [2.75, 3.05) is 6.79 Å². The number of carbonyl (C=O) groups is 2. The highest BCUT2D eigenvalue weighted by Crippen LogP contribution is 2.39. The number of halogens is 2. The van der Waals surface area contributed by atoms with Gasteiger partial charge in [-0.05, 0) is 34.1 Å². The Morgan fingerprint density at radius 2 is 1.95 bits per heavy atom. The molecule has 0 atom stereocenters. The lowest BCUT2D eigenvalue weighted by Gasteiger charge is -2.08. The Morgan fingerprint density at radius 3 is 2.68 bits per heavy atom. The number of hydrogen-bond donors (Lipinski definition) is 3. The lowest BCUT2D eigenvalue weighted by Crippen LogP contribution is -2.41. The molecule has 22 heavy (non-hydrogen) atoms. The molecule has 0 radical (unpaired) electrons. The third-order valence-electron chi connectivity index (χ3n) is 2.87. The summed E-state index contributed by atoms with van der Waals surface area (Å²) in [6.07, 6.45) is 1.61. The van der Waals surface area contributed by atoms with Gasteiger partial charge in [-0.25, -0.2) is 0 Å². The first-order valence-electron chi connectivity index (χ1n) is 6.08. The van der Waals surface area contributed by atoms with E-state index in [1.165, 1.54) is 12.1 Å². The molecule has 114 valence electrons. The normalized spacial score (nSPS) is 12.1. The predicted molar refractivity (Wildman–Crippen MR) is 81.0 cm³/mol. The molecule has 0 bridgehead atoms. The third kappa shape index (κ3) is 2.88. The van der Waals surface area contributed by atoms with Gasteiger partial charge >= 0.3 is 0 Å². The Kier molecular flexibility index (Phi) is 3.95. The third-order valence-corrected chi connectivity index (χ3v) is 3.61. The number of amides is 2.